The van der Waals surface area contributed by atoms with Crippen LogP contribution in [0.15, 0.2) is 77.7 Å². The molecule has 0 aliphatic rings. The van der Waals surface area contributed by atoms with Gasteiger partial charge in [0.25, 0.3) is 0 Å². The number of allylic oxidation sites excluding steroid dienone is 7. The molecule has 2 rings (SSSR count). The molecule has 2 aromatic rings. The molecule has 2 nitrogen and oxygen atoms in total. The molecule has 2 atom stereocenters. The highest BCUT2D eigenvalue weighted by atomic mass is 31.2. The van der Waals surface area contributed by atoms with E-state index in [-0.39, 0.29) is 11.3 Å². The third-order valence-electron chi connectivity index (χ3n) is 6.68. The molecule has 0 spiro atoms. The van der Waals surface area contributed by atoms with Gasteiger partial charge in [0.15, 0.2) is 0 Å². The molecule has 39 heavy (non-hydrogen) atoms. The summed E-state index contributed by atoms with van der Waals surface area (Å²) in [6.45, 7) is 24.1. The number of aryl methyl sites for hydroxylation is 2. The summed E-state index contributed by atoms with van der Waals surface area (Å²) < 4.78 is 13.8. The molecule has 0 aromatic heterocycles. The largest absolute Gasteiger partial charge is 0.435 e. The van der Waals surface area contributed by atoms with Crippen molar-refractivity contribution in [3.8, 4) is 11.5 Å². The second-order valence-electron chi connectivity index (χ2n) is 11.9. The highest BCUT2D eigenvalue weighted by Crippen LogP contribution is 2.53. The third kappa shape index (κ3) is 10.2. The van der Waals surface area contributed by atoms with Crippen LogP contribution in [0.5, 0.6) is 11.5 Å². The zero-order valence-corrected chi connectivity index (χ0v) is 27.2. The van der Waals surface area contributed by atoms with Crippen molar-refractivity contribution in [2.24, 2.45) is 11.8 Å². The van der Waals surface area contributed by atoms with Crippen molar-refractivity contribution < 1.29 is 9.05 Å². The summed E-state index contributed by atoms with van der Waals surface area (Å²) in [6, 6.07) is 12.8. The van der Waals surface area contributed by atoms with Crippen LogP contribution in [0.3, 0.4) is 0 Å². The second kappa shape index (κ2) is 15.3. The maximum atomic E-state index is 6.97. The number of hydrogen-bond donors (Lipinski definition) is 0. The van der Waals surface area contributed by atoms with E-state index in [1.165, 1.54) is 22.0 Å². The van der Waals surface area contributed by atoms with Crippen LogP contribution >= 0.6 is 8.38 Å². The van der Waals surface area contributed by atoms with E-state index in [1.807, 2.05) is 6.07 Å². The van der Waals surface area contributed by atoms with Crippen molar-refractivity contribution in [3.05, 3.63) is 99.9 Å². The lowest BCUT2D eigenvalue weighted by Gasteiger charge is -2.28. The van der Waals surface area contributed by atoms with Gasteiger partial charge in [-0.05, 0) is 81.0 Å². The molecule has 212 valence electrons. The number of benzene rings is 2. The van der Waals surface area contributed by atoms with Gasteiger partial charge in [0.2, 0.25) is 0 Å². The van der Waals surface area contributed by atoms with Crippen molar-refractivity contribution in [1.82, 2.24) is 0 Å². The second-order valence-corrected chi connectivity index (χ2v) is 13.3. The summed E-state index contributed by atoms with van der Waals surface area (Å²) in [4.78, 5) is 0. The van der Waals surface area contributed by atoms with E-state index >= 15 is 0 Å². The van der Waals surface area contributed by atoms with Gasteiger partial charge in [0, 0.05) is 10.9 Å². The zero-order chi connectivity index (χ0) is 29.2. The Labute approximate surface area is 240 Å². The fraction of sp³-hybridized carbons (Fsp3) is 0.444. The van der Waals surface area contributed by atoms with Crippen molar-refractivity contribution in [2.75, 3.05) is 0 Å². The molecule has 2 aromatic carbocycles. The van der Waals surface area contributed by atoms with Gasteiger partial charge in [0.1, 0.15) is 11.5 Å². The minimum Gasteiger partial charge on any atom is -0.435 e. The lowest BCUT2D eigenvalue weighted by Crippen LogP contribution is -2.13. The van der Waals surface area contributed by atoms with E-state index in [0.29, 0.717) is 5.92 Å². The average Bonchev–Trinajstić information content (AvgIpc) is 2.86. The maximum absolute atomic E-state index is 6.97. The Balaban J connectivity index is 2.62. The molecule has 0 amide bonds. The standard InChI is InChI=1S/C36H51O2P/c1-12-14-15-20-34(26(3)4)39(37-33-19-17-16-18-32(33)36(9,10)11)38-35-30(8)24-29(7)25-31(35)22-21-28(6)23-27(5)13-2/h13-22,24-26,28H,12,23H2,1-11H3/b15-14-,22-21+,27-13-,34-20+. The molecule has 0 heterocycles. The van der Waals surface area contributed by atoms with Crippen molar-refractivity contribution >= 4 is 14.5 Å². The van der Waals surface area contributed by atoms with E-state index in [9.17, 15) is 0 Å². The first-order valence-corrected chi connectivity index (χ1v) is 15.6. The molecule has 3 heteroatoms. The Morgan fingerprint density at radius 2 is 1.72 bits per heavy atom. The Hall–Kier alpha value is -2.57. The monoisotopic (exact) mass is 546 g/mol. The van der Waals surface area contributed by atoms with Crippen LogP contribution in [0.25, 0.3) is 6.08 Å². The molecule has 0 aliphatic carbocycles. The third-order valence-corrected chi connectivity index (χ3v) is 8.48. The maximum Gasteiger partial charge on any atom is 0.322 e. The summed E-state index contributed by atoms with van der Waals surface area (Å²) in [7, 11) is -1.41. The van der Waals surface area contributed by atoms with Crippen LogP contribution in [0, 0.1) is 25.7 Å². The summed E-state index contributed by atoms with van der Waals surface area (Å²) in [5.41, 5.74) is 6.00. The molecule has 2 unspecified atom stereocenters. The Kier molecular flexibility index (Phi) is 12.8. The quantitative estimate of drug-likeness (QED) is 0.150. The normalized spacial score (nSPS) is 14.9. The smallest absolute Gasteiger partial charge is 0.322 e. The molecule has 0 fully saturated rings. The van der Waals surface area contributed by atoms with Crippen LogP contribution in [0.4, 0.5) is 0 Å². The van der Waals surface area contributed by atoms with Gasteiger partial charge >= 0.3 is 8.38 Å². The molecule has 0 N–H and O–H groups in total. The van der Waals surface area contributed by atoms with Crippen LogP contribution < -0.4 is 9.05 Å². The highest BCUT2D eigenvalue weighted by Gasteiger charge is 2.28. The van der Waals surface area contributed by atoms with E-state index in [4.69, 9.17) is 9.05 Å². The predicted octanol–water partition coefficient (Wildman–Crippen LogP) is 11.9. The van der Waals surface area contributed by atoms with Gasteiger partial charge < -0.3 is 9.05 Å². The number of para-hydroxylation sites is 1. The minimum absolute atomic E-state index is 0.0453. The molecule has 0 saturated heterocycles. The first kappa shape index (κ1) is 32.6. The first-order chi connectivity index (χ1) is 18.4. The lowest BCUT2D eigenvalue weighted by atomic mass is 9.86. The van der Waals surface area contributed by atoms with Gasteiger partial charge in [-0.15, -0.1) is 0 Å². The summed E-state index contributed by atoms with van der Waals surface area (Å²) >= 11 is 0. The van der Waals surface area contributed by atoms with Crippen molar-refractivity contribution in [3.63, 3.8) is 0 Å². The van der Waals surface area contributed by atoms with Crippen molar-refractivity contribution in [2.45, 2.75) is 94.4 Å². The Morgan fingerprint density at radius 1 is 1.03 bits per heavy atom. The Morgan fingerprint density at radius 3 is 2.33 bits per heavy atom. The number of hydrogen-bond acceptors (Lipinski definition) is 2. The minimum atomic E-state index is -1.41. The molecule has 0 aliphatic heterocycles. The average molecular weight is 547 g/mol. The molecule has 0 radical (unpaired) electrons. The van der Waals surface area contributed by atoms with Crippen LogP contribution in [0.1, 0.15) is 97.4 Å². The van der Waals surface area contributed by atoms with Gasteiger partial charge in [-0.1, -0.05) is 120 Å². The van der Waals surface area contributed by atoms with E-state index in [0.717, 1.165) is 35.5 Å². The molecule has 0 bridgehead atoms. The summed E-state index contributed by atoms with van der Waals surface area (Å²) in [5, 5.41) is 1.17. The van der Waals surface area contributed by atoms with Gasteiger partial charge in [0.05, 0.1) is 0 Å². The topological polar surface area (TPSA) is 18.5 Å². The van der Waals surface area contributed by atoms with E-state index < -0.39 is 8.38 Å². The summed E-state index contributed by atoms with van der Waals surface area (Å²) in [6.07, 6.45) is 15.3. The molecular weight excluding hydrogens is 495 g/mol. The zero-order valence-electron chi connectivity index (χ0n) is 26.3. The SMILES string of the molecule is C/C=C(/C)CC(C)/C=C/c1cc(C)cc(C)c1OP(Oc1ccccc1C(C)(C)C)/C(=C/C=C\CC)C(C)C. The van der Waals surface area contributed by atoms with Gasteiger partial charge in [-0.3, -0.25) is 0 Å². The number of rotatable bonds is 12. The highest BCUT2D eigenvalue weighted by molar-refractivity contribution is 7.53. The predicted molar refractivity (Wildman–Crippen MR) is 174 cm³/mol. The van der Waals surface area contributed by atoms with Crippen molar-refractivity contribution in [1.29, 1.82) is 0 Å². The van der Waals surface area contributed by atoms with E-state index in [2.05, 4.69) is 143 Å². The van der Waals surface area contributed by atoms with Gasteiger partial charge in [-0.25, -0.2) is 0 Å². The van der Waals surface area contributed by atoms with Crippen LogP contribution in [0.2, 0.25) is 0 Å². The molecular formula is C36H51O2P. The Bertz CT molecular complexity index is 1190. The summed E-state index contributed by atoms with van der Waals surface area (Å²) in [5.74, 6) is 2.50. The fourth-order valence-corrected chi connectivity index (χ4v) is 6.06. The van der Waals surface area contributed by atoms with E-state index in [1.54, 1.807) is 0 Å². The van der Waals surface area contributed by atoms with Crippen LogP contribution in [-0.4, -0.2) is 0 Å². The van der Waals surface area contributed by atoms with Gasteiger partial charge in [-0.2, -0.15) is 0 Å². The first-order valence-electron chi connectivity index (χ1n) is 14.4. The lowest BCUT2D eigenvalue weighted by molar-refractivity contribution is 0.471. The van der Waals surface area contributed by atoms with Crippen LogP contribution in [-0.2, 0) is 5.41 Å². The fourth-order valence-electron chi connectivity index (χ4n) is 4.43. The molecule has 0 saturated carbocycles.